The van der Waals surface area contributed by atoms with Crippen LogP contribution in [0.1, 0.15) is 425 Å². The van der Waals surface area contributed by atoms with Gasteiger partial charge in [0.25, 0.3) is 0 Å². The molecular weight excluding hydrogens is 1930 g/mol. The van der Waals surface area contributed by atoms with E-state index in [1.165, 1.54) is 231 Å². The number of hydrogen-bond acceptors (Lipinski definition) is 0. The van der Waals surface area contributed by atoms with Gasteiger partial charge < -0.3 is 14.9 Å². The third kappa shape index (κ3) is 36.3. The van der Waals surface area contributed by atoms with Gasteiger partial charge in [-0.2, -0.15) is 0 Å². The van der Waals surface area contributed by atoms with Gasteiger partial charge in [0.15, 0.2) is 0 Å². The van der Waals surface area contributed by atoms with Gasteiger partial charge in [0.2, 0.25) is 0 Å². The molecule has 0 aliphatic heterocycles. The summed E-state index contributed by atoms with van der Waals surface area (Å²) in [5.74, 6) is 21.8. The minimum absolute atomic E-state index is 0. The summed E-state index contributed by atoms with van der Waals surface area (Å²) in [6.45, 7) is 77.9. The van der Waals surface area contributed by atoms with Crippen molar-refractivity contribution < 1.29 is 20.8 Å². The molecule has 9 fully saturated rings. The van der Waals surface area contributed by atoms with Crippen molar-refractivity contribution in [3.05, 3.63) is 209 Å². The molecule has 0 N–H and O–H groups in total. The molecule has 0 radical (unpaired) electrons. The van der Waals surface area contributed by atoms with Crippen LogP contribution in [0.3, 0.4) is 0 Å². The quantitative estimate of drug-likeness (QED) is 0.0291. The molecule has 7 heteroatoms. The summed E-state index contributed by atoms with van der Waals surface area (Å²) < 4.78 is -1.11. The number of unbranched alkanes of at least 4 members (excludes halogenated alkanes) is 3. The van der Waals surface area contributed by atoms with Gasteiger partial charge in [-0.05, 0) is 388 Å². The average Bonchev–Trinajstić information content (AvgIpc) is 1.56. The Hall–Kier alpha value is -1.54. The Kier molecular flexibility index (Phi) is 53.4. The number of alkyl halides is 4. The molecule has 0 nitrogen and oxygen atoms in total. The molecule has 0 heterocycles. The molecule has 15 aliphatic rings. The van der Waals surface area contributed by atoms with Crippen LogP contribution < -0.4 is 0 Å². The summed E-state index contributed by atoms with van der Waals surface area (Å²) in [6.07, 6.45) is 112. The molecule has 0 aromatic rings. The van der Waals surface area contributed by atoms with Gasteiger partial charge in [0.1, 0.15) is 8.67 Å². The van der Waals surface area contributed by atoms with Gasteiger partial charge >= 0.3 is 37.9 Å². The van der Waals surface area contributed by atoms with Crippen LogP contribution in [0.5, 0.6) is 0 Å². The first-order chi connectivity index (χ1) is 65.7. The van der Waals surface area contributed by atoms with Crippen molar-refractivity contribution in [1.82, 2.24) is 0 Å². The summed E-state index contributed by atoms with van der Waals surface area (Å²) in [5, 5.41) is 0. The van der Waals surface area contributed by atoms with E-state index in [9.17, 15) is 0 Å². The molecule has 0 saturated heterocycles. The third-order valence-electron chi connectivity index (χ3n) is 37.5. The van der Waals surface area contributed by atoms with Gasteiger partial charge in [0.05, 0.1) is 0 Å². The second kappa shape index (κ2) is 58.7. The molecule has 0 aromatic carbocycles. The predicted octanol–water partition coefficient (Wildman–Crippen LogP) is 45.1. The first-order valence-electron chi connectivity index (χ1n) is 58.2. The zero-order chi connectivity index (χ0) is 104. The Labute approximate surface area is 921 Å². The first kappa shape index (κ1) is 129. The van der Waals surface area contributed by atoms with Crippen molar-refractivity contribution >= 4 is 63.4 Å². The van der Waals surface area contributed by atoms with Gasteiger partial charge in [-0.15, -0.1) is 72.7 Å². The fraction of sp³-hybridized carbons (Fsp3) is 0.748. The van der Waals surface area contributed by atoms with Crippen LogP contribution in [0.4, 0.5) is 0 Å². The second-order valence-electron chi connectivity index (χ2n) is 55.0. The molecule has 0 bridgehead atoms. The SMILES string of the molecule is C=CCCC(C)(C1CCCC1)C1C2C=C(C(C)(C)C)C=CC2C2C=CC(C(C)(C)C)=CC21.C=CCCC1CC(C(CCCC)(CCCC)C2CCCC2)C2C=CC=CC12.C=CCCC1CCC(C2(C3C4C=C(C(C)(C)C)C=CC4C4C=CC(C(C)(C)C)=CC43)CCCCC2)C1.C=CCCCC1CC(C(C2CCCC2)C(C(C)C)C(C)C)C2C=CC=CC12.CC(C)(C)C.CC(C)(Cl)Cl.CC(C)(Cl)Cl.[CH3-].[CH3-].[Cl][Zr+2][Cl]. The van der Waals surface area contributed by atoms with Crippen LogP contribution >= 0.6 is 63.4 Å². The summed E-state index contributed by atoms with van der Waals surface area (Å²) in [4.78, 5) is 0. The number of halogens is 6. The molecule has 20 unspecified atom stereocenters. The molecule has 0 spiro atoms. The van der Waals surface area contributed by atoms with E-state index in [0.717, 1.165) is 113 Å². The maximum atomic E-state index is 5.30. The number of hydrogen-bond donors (Lipinski definition) is 0. The van der Waals surface area contributed by atoms with Crippen molar-refractivity contribution in [1.29, 1.82) is 0 Å². The van der Waals surface area contributed by atoms with E-state index in [0.29, 0.717) is 74.9 Å². The summed E-state index contributed by atoms with van der Waals surface area (Å²) in [7, 11) is 9.87. The van der Waals surface area contributed by atoms with Crippen LogP contribution in [0.25, 0.3) is 0 Å². The molecule has 15 aliphatic carbocycles. The topological polar surface area (TPSA) is 0 Å². The number of fused-ring (bicyclic) bond motifs is 8. The van der Waals surface area contributed by atoms with Gasteiger partial charge in [0, 0.05) is 0 Å². The molecule has 0 aromatic heterocycles. The van der Waals surface area contributed by atoms with E-state index in [2.05, 4.69) is 331 Å². The molecule has 142 heavy (non-hydrogen) atoms. The van der Waals surface area contributed by atoms with Crippen LogP contribution in [-0.2, 0) is 20.8 Å². The summed E-state index contributed by atoms with van der Waals surface area (Å²) in [6, 6.07) is 0. The Morgan fingerprint density at radius 3 is 1.15 bits per heavy atom. The van der Waals surface area contributed by atoms with Crippen LogP contribution in [0.15, 0.2) is 194 Å². The molecule has 20 atom stereocenters. The third-order valence-corrected chi connectivity index (χ3v) is 37.5. The first-order valence-corrected chi connectivity index (χ1v) is 66.0. The van der Waals surface area contributed by atoms with Crippen molar-refractivity contribution in [3.63, 3.8) is 0 Å². The van der Waals surface area contributed by atoms with Gasteiger partial charge in [-0.1, -0.05) is 408 Å². The van der Waals surface area contributed by atoms with Crippen LogP contribution in [0, 0.1) is 218 Å². The number of allylic oxidation sites excluding steroid dienone is 28. The Morgan fingerprint density at radius 1 is 0.387 bits per heavy atom. The number of rotatable bonds is 30. The standard InChI is InChI=1S/C36H54.C32H48.2C27H44.C5H12.2C3H6Cl2.2CH3.2ClH.Zr/c1-8-9-13-25-14-15-28(22-25)36(20-11-10-12-21-36)33-31-23-26(34(2,3)4)16-18-29(31)30-19-17-27(24-32(30)33)35(5,6)7;1-9-10-19-32(8,22-13-11-12-14-22)29-27-20-23(30(2,3)4)15-17-25(27)26-18-16-24(21-28(26)29)31(5,6)7;1-6-7-8-15-22-18-25(24-17-12-11-16-23(22)24)27(21-13-9-10-14-21)26(19(2)3)20(4)5;1-4-7-14-22-21-26(25-18-13-12-17-24(22)25)27(19-8-5-2,20-9-6-3)23-15-10-11-16-23;1-5(2,3)4;2*1-3(2,4)5;;;;;/h8,16-19,23-25,28-33H,1,9-15,20-22H2,2-7H3;9,15-18,20-22,25-29H,1,10-14,19H2,2-8H3;6,11-12,16-17,19-27H,1,7-10,13-15,18H2,2-5H3;4,12-13,17-18,22-26H,1,5-11,14-16,19-21H2,2-3H3;1-4H3;2*1-2H3;2*1H3;2*1H;/q;;;;;;;2*-1;;;+4/p-2. The molecule has 9 saturated carbocycles. The van der Waals surface area contributed by atoms with Gasteiger partial charge in [-0.25, -0.2) is 0 Å². The normalized spacial score (nSPS) is 30.6. The van der Waals surface area contributed by atoms with E-state index in [1.54, 1.807) is 50.0 Å². The van der Waals surface area contributed by atoms with Crippen molar-refractivity contribution in [3.8, 4) is 0 Å². The zero-order valence-electron chi connectivity index (χ0n) is 97.2. The second-order valence-corrected chi connectivity index (χ2v) is 62.9. The average molecular weight is 2150 g/mol. The van der Waals surface area contributed by atoms with E-state index in [1.807, 2.05) is 0 Å². The fourth-order valence-electron chi connectivity index (χ4n) is 31.6. The van der Waals surface area contributed by atoms with E-state index in [-0.39, 0.29) is 36.5 Å². The van der Waals surface area contributed by atoms with Crippen LogP contribution in [-0.4, -0.2) is 8.67 Å². The van der Waals surface area contributed by atoms with Crippen molar-refractivity contribution in [2.24, 2.45) is 203 Å². The minimum atomic E-state index is -0.826. The molecule has 806 valence electrons. The summed E-state index contributed by atoms with van der Waals surface area (Å²) >= 11 is 20.4. The molecule has 0 amide bonds. The van der Waals surface area contributed by atoms with Gasteiger partial charge in [-0.3, -0.25) is 0 Å². The Bertz CT molecular complexity index is 3940. The van der Waals surface area contributed by atoms with Crippen molar-refractivity contribution in [2.75, 3.05) is 0 Å². The molecular formula is C135H220Cl6Zr. The zero-order valence-corrected chi connectivity index (χ0v) is 104. The van der Waals surface area contributed by atoms with Crippen molar-refractivity contribution in [2.45, 2.75) is 433 Å². The van der Waals surface area contributed by atoms with Crippen LogP contribution in [0.2, 0.25) is 0 Å². The monoisotopic (exact) mass is 2140 g/mol. The fourth-order valence-corrected chi connectivity index (χ4v) is 31.6. The Balaban J connectivity index is 0.000000273. The summed E-state index contributed by atoms with van der Waals surface area (Å²) in [5.41, 5.74) is 9.16. The predicted molar refractivity (Wildman–Crippen MR) is 637 cm³/mol. The van der Waals surface area contributed by atoms with E-state index in [4.69, 9.17) is 63.4 Å². The van der Waals surface area contributed by atoms with E-state index < -0.39 is 29.5 Å². The Morgan fingerprint density at radius 2 is 0.754 bits per heavy atom. The molecule has 15 rings (SSSR count). The van der Waals surface area contributed by atoms with E-state index >= 15 is 0 Å². The maximum absolute atomic E-state index is 5.30.